The minimum Gasteiger partial charge on any atom is -0.385 e. The normalized spacial score (nSPS) is 12.6. The van der Waals surface area contributed by atoms with Crippen LogP contribution in [0.1, 0.15) is 0 Å². The molecule has 5 N–H and O–H groups in total. The number of rotatable bonds is 0. The Balaban J connectivity index is 3.08. The molecule has 6 nitrogen and oxygen atoms in total. The second-order valence-electron chi connectivity index (χ2n) is 3.07. The van der Waals surface area contributed by atoms with Crippen molar-refractivity contribution in [2.45, 2.75) is 0 Å². The molecule has 0 unspecified atom stereocenters. The Morgan fingerprint density at radius 2 is 2.21 bits per heavy atom. The highest BCUT2D eigenvalue weighted by Crippen LogP contribution is 2.14. The number of aromatic nitrogens is 3. The molecule has 0 aliphatic rings. The van der Waals surface area contributed by atoms with Crippen molar-refractivity contribution < 1.29 is 0 Å². The van der Waals surface area contributed by atoms with Gasteiger partial charge in [-0.05, 0) is 0 Å². The van der Waals surface area contributed by atoms with E-state index in [4.69, 9.17) is 11.5 Å². The molecule has 2 aromatic heterocycles. The van der Waals surface area contributed by atoms with E-state index in [1.165, 1.54) is 0 Å². The van der Waals surface area contributed by atoms with Crippen molar-refractivity contribution in [3.63, 3.8) is 0 Å². The van der Waals surface area contributed by atoms with Gasteiger partial charge in [0.15, 0.2) is 5.65 Å². The molecule has 2 rings (SSSR count). The van der Waals surface area contributed by atoms with Crippen molar-refractivity contribution in [2.75, 3.05) is 18.5 Å². The van der Waals surface area contributed by atoms with Crippen LogP contribution in [-0.2, 0) is 7.05 Å². The molecule has 0 aliphatic heterocycles. The Morgan fingerprint density at radius 3 is 2.86 bits per heavy atom. The van der Waals surface area contributed by atoms with Crippen molar-refractivity contribution in [1.82, 2.24) is 14.8 Å². The molecule has 74 valence electrons. The highest BCUT2D eigenvalue weighted by Gasteiger charge is 2.08. The van der Waals surface area contributed by atoms with E-state index in [2.05, 4.69) is 15.2 Å². The zero-order chi connectivity index (χ0) is 10.3. The Hall–Kier alpha value is -1.98. The Bertz CT molecular complexity index is 547. The molecule has 14 heavy (non-hydrogen) atoms. The van der Waals surface area contributed by atoms with Gasteiger partial charge in [-0.3, -0.25) is 10.1 Å². The first-order valence-corrected chi connectivity index (χ1v) is 4.17. The number of hydrogen-bond donors (Lipinski definition) is 3. The van der Waals surface area contributed by atoms with Crippen LogP contribution in [0.4, 0.5) is 11.6 Å². The van der Waals surface area contributed by atoms with E-state index >= 15 is 0 Å². The maximum absolute atomic E-state index is 5.78. The molecule has 0 aliphatic carbocycles. The van der Waals surface area contributed by atoms with Crippen LogP contribution in [0.3, 0.4) is 0 Å². The summed E-state index contributed by atoms with van der Waals surface area (Å²) >= 11 is 0. The lowest BCUT2D eigenvalue weighted by Gasteiger charge is -2.04. The molecule has 0 saturated carbocycles. The number of aromatic amines is 1. The van der Waals surface area contributed by atoms with Gasteiger partial charge in [-0.1, -0.05) is 0 Å². The van der Waals surface area contributed by atoms with Crippen molar-refractivity contribution in [3.05, 3.63) is 11.4 Å². The van der Waals surface area contributed by atoms with Gasteiger partial charge >= 0.3 is 0 Å². The number of pyridine rings is 1. The molecule has 0 bridgehead atoms. The first kappa shape index (κ1) is 8.61. The van der Waals surface area contributed by atoms with E-state index in [9.17, 15) is 0 Å². The number of nitrogens with zero attached hydrogens (tertiary/aromatic N) is 3. The molecule has 0 fully saturated rings. The van der Waals surface area contributed by atoms with Crippen LogP contribution >= 0.6 is 0 Å². The molecular formula is C8H12N6. The average Bonchev–Trinajstić information content (AvgIpc) is 2.55. The first-order chi connectivity index (χ1) is 6.65. The fourth-order valence-corrected chi connectivity index (χ4v) is 1.45. The number of H-pyrrole nitrogens is 1. The van der Waals surface area contributed by atoms with Gasteiger partial charge in [0.2, 0.25) is 0 Å². The third-order valence-electron chi connectivity index (χ3n) is 2.26. The van der Waals surface area contributed by atoms with Gasteiger partial charge in [0, 0.05) is 20.2 Å². The molecule has 2 aromatic rings. The minimum atomic E-state index is 0.510. The predicted molar refractivity (Wildman–Crippen MR) is 55.4 cm³/mol. The van der Waals surface area contributed by atoms with Crippen LogP contribution < -0.4 is 16.8 Å². The molecule has 0 radical (unpaired) electrons. The summed E-state index contributed by atoms with van der Waals surface area (Å²) in [5.41, 5.74) is 12.2. The van der Waals surface area contributed by atoms with Gasteiger partial charge in [0.25, 0.3) is 0 Å². The molecule has 2 heterocycles. The number of nitrogen functional groups attached to an aromatic ring is 2. The molecule has 0 aromatic carbocycles. The van der Waals surface area contributed by atoms with Crippen LogP contribution in [0, 0.1) is 0 Å². The number of nitrogens with one attached hydrogen (secondary N) is 1. The average molecular weight is 192 g/mol. The predicted octanol–water partition coefficient (Wildman–Crippen LogP) is -0.404. The Kier molecular flexibility index (Phi) is 1.70. The summed E-state index contributed by atoms with van der Waals surface area (Å²) in [5.74, 6) is 1.11. The van der Waals surface area contributed by atoms with Gasteiger partial charge in [-0.2, -0.15) is 5.10 Å². The Morgan fingerprint density at radius 1 is 1.50 bits per heavy atom. The second kappa shape index (κ2) is 2.76. The van der Waals surface area contributed by atoms with Crippen LogP contribution in [0.2, 0.25) is 0 Å². The van der Waals surface area contributed by atoms with Gasteiger partial charge < -0.3 is 16.0 Å². The number of hydrogen-bond acceptors (Lipinski definition) is 4. The second-order valence-corrected chi connectivity index (χ2v) is 3.07. The molecule has 0 atom stereocenters. The van der Waals surface area contributed by atoms with E-state index in [1.807, 2.05) is 7.05 Å². The topological polar surface area (TPSA) is 98.0 Å². The molecule has 0 amide bonds. The zero-order valence-corrected chi connectivity index (χ0v) is 8.07. The van der Waals surface area contributed by atoms with Crippen LogP contribution in [0.15, 0.2) is 11.1 Å². The lowest BCUT2D eigenvalue weighted by Crippen LogP contribution is -2.12. The highest BCUT2D eigenvalue weighted by atomic mass is 15.2. The van der Waals surface area contributed by atoms with Crippen molar-refractivity contribution in [2.24, 2.45) is 12.0 Å². The summed E-state index contributed by atoms with van der Waals surface area (Å²) < 4.78 is 1.76. The summed E-state index contributed by atoms with van der Waals surface area (Å²) in [6.45, 7) is 0. The summed E-state index contributed by atoms with van der Waals surface area (Å²) in [6.07, 6.45) is 0. The van der Waals surface area contributed by atoms with Gasteiger partial charge in [-0.15, -0.1) is 0 Å². The standard InChI is InChI=1S/C8H12N6/c1-11-4-3-5(9)14(2)8-6(4)7(10)12-13-8/h3H,9H2,1-2H3,(H3,10,12,13). The van der Waals surface area contributed by atoms with E-state index in [-0.39, 0.29) is 0 Å². The maximum atomic E-state index is 5.78. The maximum Gasteiger partial charge on any atom is 0.167 e. The van der Waals surface area contributed by atoms with Crippen LogP contribution in [0.5, 0.6) is 0 Å². The summed E-state index contributed by atoms with van der Waals surface area (Å²) in [7, 11) is 3.53. The quantitative estimate of drug-likeness (QED) is 0.529. The van der Waals surface area contributed by atoms with Crippen molar-refractivity contribution >= 4 is 22.7 Å². The smallest absolute Gasteiger partial charge is 0.167 e. The number of anilines is 2. The third kappa shape index (κ3) is 0.968. The van der Waals surface area contributed by atoms with E-state index in [1.54, 1.807) is 17.7 Å². The van der Waals surface area contributed by atoms with Crippen molar-refractivity contribution in [3.8, 4) is 0 Å². The van der Waals surface area contributed by atoms with Crippen LogP contribution in [0.25, 0.3) is 11.0 Å². The largest absolute Gasteiger partial charge is 0.385 e. The zero-order valence-electron chi connectivity index (χ0n) is 8.07. The number of fused-ring (bicyclic) bond motifs is 1. The van der Waals surface area contributed by atoms with Gasteiger partial charge in [0.05, 0.1) is 10.7 Å². The summed E-state index contributed by atoms with van der Waals surface area (Å²) in [4.78, 5) is 4.10. The fraction of sp³-hybridized carbons (Fsp3) is 0.250. The minimum absolute atomic E-state index is 0.510. The first-order valence-electron chi connectivity index (χ1n) is 4.17. The molecule has 0 spiro atoms. The summed E-state index contributed by atoms with van der Waals surface area (Å²) in [5, 5.41) is 8.33. The molecule has 0 saturated heterocycles. The lowest BCUT2D eigenvalue weighted by molar-refractivity contribution is 0.928. The van der Waals surface area contributed by atoms with Gasteiger partial charge in [-0.25, -0.2) is 0 Å². The molecule has 6 heteroatoms. The van der Waals surface area contributed by atoms with Gasteiger partial charge in [0.1, 0.15) is 11.6 Å². The number of aryl methyl sites for hydroxylation is 1. The Labute approximate surface area is 80.2 Å². The monoisotopic (exact) mass is 192 g/mol. The van der Waals surface area contributed by atoms with E-state index < -0.39 is 0 Å². The molecular weight excluding hydrogens is 180 g/mol. The number of nitrogens with two attached hydrogens (primary N) is 2. The summed E-state index contributed by atoms with van der Waals surface area (Å²) in [6, 6.07) is 1.77. The third-order valence-corrected chi connectivity index (χ3v) is 2.26. The lowest BCUT2D eigenvalue weighted by atomic mass is 10.3. The van der Waals surface area contributed by atoms with E-state index in [0.29, 0.717) is 17.3 Å². The van der Waals surface area contributed by atoms with E-state index in [0.717, 1.165) is 10.7 Å². The SMILES string of the molecule is CN=c1cc(N)n(C)c2n[nH]c(N)c12. The fourth-order valence-electron chi connectivity index (χ4n) is 1.45. The highest BCUT2D eigenvalue weighted by molar-refractivity contribution is 5.86. The van der Waals surface area contributed by atoms with Crippen LogP contribution in [-0.4, -0.2) is 21.8 Å². The van der Waals surface area contributed by atoms with Crippen molar-refractivity contribution in [1.29, 1.82) is 0 Å².